The Balaban J connectivity index is 2.09. The summed E-state index contributed by atoms with van der Waals surface area (Å²) in [4.78, 5) is 22.0. The van der Waals surface area contributed by atoms with E-state index in [-0.39, 0.29) is 18.5 Å². The van der Waals surface area contributed by atoms with Crippen molar-refractivity contribution in [3.63, 3.8) is 0 Å². The lowest BCUT2D eigenvalue weighted by molar-refractivity contribution is 0.0612. The Morgan fingerprint density at radius 3 is 2.90 bits per heavy atom. The number of carbonyl (C=O) groups is 1. The van der Waals surface area contributed by atoms with E-state index in [1.807, 2.05) is 0 Å². The average Bonchev–Trinajstić information content (AvgIpc) is 2.45. The molecule has 1 atom stereocenters. The van der Waals surface area contributed by atoms with Crippen molar-refractivity contribution >= 4 is 15.9 Å². The number of nitrogens with one attached hydrogen (secondary N) is 1. The van der Waals surface area contributed by atoms with E-state index in [9.17, 15) is 13.2 Å². The molecule has 110 valence electrons. The Morgan fingerprint density at radius 1 is 1.45 bits per heavy atom. The first-order chi connectivity index (χ1) is 9.47. The van der Waals surface area contributed by atoms with Crippen LogP contribution in [0.2, 0.25) is 0 Å². The molecular weight excluding hydrogens is 280 g/mol. The molecule has 20 heavy (non-hydrogen) atoms. The molecule has 1 aliphatic heterocycles. The van der Waals surface area contributed by atoms with Crippen LogP contribution in [0.4, 0.5) is 0 Å². The summed E-state index contributed by atoms with van der Waals surface area (Å²) >= 11 is 0. The van der Waals surface area contributed by atoms with E-state index in [2.05, 4.69) is 14.7 Å². The van der Waals surface area contributed by atoms with Crippen molar-refractivity contribution in [2.45, 2.75) is 25.3 Å². The summed E-state index contributed by atoms with van der Waals surface area (Å²) in [6.07, 6.45) is 8.22. The fraction of sp³-hybridized carbons (Fsp3) is 0.583. The molecule has 0 bridgehead atoms. The fourth-order valence-electron chi connectivity index (χ4n) is 2.28. The van der Waals surface area contributed by atoms with Gasteiger partial charge in [0.25, 0.3) is 5.91 Å². The van der Waals surface area contributed by atoms with Crippen molar-refractivity contribution in [3.05, 3.63) is 24.3 Å². The molecule has 1 aromatic heterocycles. The van der Waals surface area contributed by atoms with Crippen molar-refractivity contribution in [1.82, 2.24) is 19.6 Å². The fourth-order valence-corrected chi connectivity index (χ4v) is 2.78. The van der Waals surface area contributed by atoms with Crippen LogP contribution in [0.25, 0.3) is 0 Å². The Morgan fingerprint density at radius 2 is 2.25 bits per heavy atom. The van der Waals surface area contributed by atoms with Crippen molar-refractivity contribution in [1.29, 1.82) is 0 Å². The maximum atomic E-state index is 12.4. The highest BCUT2D eigenvalue weighted by Gasteiger charge is 2.28. The third-order valence-corrected chi connectivity index (χ3v) is 3.94. The summed E-state index contributed by atoms with van der Waals surface area (Å²) in [5.74, 6) is -0.196. The van der Waals surface area contributed by atoms with Crippen molar-refractivity contribution in [3.8, 4) is 0 Å². The molecule has 0 aromatic carbocycles. The lowest BCUT2D eigenvalue weighted by Gasteiger charge is -2.35. The third kappa shape index (κ3) is 3.97. The van der Waals surface area contributed by atoms with Gasteiger partial charge < -0.3 is 4.90 Å². The van der Waals surface area contributed by atoms with Gasteiger partial charge in [0.15, 0.2) is 0 Å². The first-order valence-corrected chi connectivity index (χ1v) is 8.38. The summed E-state index contributed by atoms with van der Waals surface area (Å²) in [7, 11) is -3.25. The highest BCUT2D eigenvalue weighted by molar-refractivity contribution is 7.88. The molecule has 0 spiro atoms. The number of rotatable bonds is 4. The number of piperidine rings is 1. The lowest BCUT2D eigenvalue weighted by atomic mass is 10.0. The number of carbonyl (C=O) groups excluding carboxylic acids is 1. The van der Waals surface area contributed by atoms with Gasteiger partial charge >= 0.3 is 0 Å². The quantitative estimate of drug-likeness (QED) is 0.846. The molecule has 7 nitrogen and oxygen atoms in total. The monoisotopic (exact) mass is 298 g/mol. The van der Waals surface area contributed by atoms with Crippen LogP contribution >= 0.6 is 0 Å². The minimum atomic E-state index is -3.25. The smallest absolute Gasteiger partial charge is 0.274 e. The van der Waals surface area contributed by atoms with Gasteiger partial charge in [0.2, 0.25) is 10.0 Å². The molecule has 0 saturated carbocycles. The third-order valence-electron chi connectivity index (χ3n) is 3.25. The van der Waals surface area contributed by atoms with Gasteiger partial charge in [-0.2, -0.15) is 0 Å². The molecule has 1 aromatic rings. The largest absolute Gasteiger partial charge is 0.333 e. The van der Waals surface area contributed by atoms with Gasteiger partial charge in [-0.25, -0.2) is 18.1 Å². The van der Waals surface area contributed by atoms with Crippen LogP contribution < -0.4 is 4.72 Å². The van der Waals surface area contributed by atoms with Crippen molar-refractivity contribution in [2.75, 3.05) is 19.3 Å². The van der Waals surface area contributed by atoms with Crippen LogP contribution in [-0.4, -0.2) is 54.6 Å². The SMILES string of the molecule is CS(=O)(=O)NC[C@H]1CCCCN1C(=O)c1cnccn1. The van der Waals surface area contributed by atoms with Gasteiger partial charge in [0.1, 0.15) is 5.69 Å². The Hall–Kier alpha value is -1.54. The molecule has 2 heterocycles. The van der Waals surface area contributed by atoms with Crippen LogP contribution in [0.5, 0.6) is 0 Å². The van der Waals surface area contributed by atoms with Crippen LogP contribution in [0, 0.1) is 0 Å². The van der Waals surface area contributed by atoms with E-state index < -0.39 is 10.0 Å². The molecule has 1 saturated heterocycles. The Bertz CT molecular complexity index is 561. The first kappa shape index (κ1) is 14.9. The van der Waals surface area contributed by atoms with Gasteiger partial charge in [-0.3, -0.25) is 9.78 Å². The van der Waals surface area contributed by atoms with E-state index in [0.717, 1.165) is 25.5 Å². The number of amides is 1. The lowest BCUT2D eigenvalue weighted by Crippen LogP contribution is -2.49. The van der Waals surface area contributed by atoms with Gasteiger partial charge in [-0.15, -0.1) is 0 Å². The first-order valence-electron chi connectivity index (χ1n) is 6.49. The molecule has 1 aliphatic rings. The van der Waals surface area contributed by atoms with Crippen molar-refractivity contribution in [2.24, 2.45) is 0 Å². The number of hydrogen-bond donors (Lipinski definition) is 1. The Labute approximate surface area is 118 Å². The van der Waals surface area contributed by atoms with Gasteiger partial charge in [-0.1, -0.05) is 0 Å². The zero-order valence-electron chi connectivity index (χ0n) is 11.3. The van der Waals surface area contributed by atoms with Gasteiger partial charge in [-0.05, 0) is 19.3 Å². The van der Waals surface area contributed by atoms with E-state index >= 15 is 0 Å². The second kappa shape index (κ2) is 6.27. The highest BCUT2D eigenvalue weighted by atomic mass is 32.2. The highest BCUT2D eigenvalue weighted by Crippen LogP contribution is 2.18. The standard InChI is InChI=1S/C12H18N4O3S/c1-20(18,19)15-8-10-4-2-3-7-16(10)12(17)11-9-13-5-6-14-11/h5-6,9-10,15H,2-4,7-8H2,1H3/t10-/m1/s1. The van der Waals surface area contributed by atoms with E-state index in [1.165, 1.54) is 18.6 Å². The average molecular weight is 298 g/mol. The molecule has 8 heteroatoms. The maximum Gasteiger partial charge on any atom is 0.274 e. The molecule has 1 fully saturated rings. The normalized spacial score (nSPS) is 19.9. The van der Waals surface area contributed by atoms with E-state index in [0.29, 0.717) is 12.2 Å². The predicted octanol–water partition coefficient (Wildman–Crippen LogP) is 0.0205. The molecular formula is C12H18N4O3S. The van der Waals surface area contributed by atoms with Gasteiger partial charge in [0.05, 0.1) is 12.5 Å². The molecule has 0 unspecified atom stereocenters. The molecule has 1 N–H and O–H groups in total. The number of nitrogens with zero attached hydrogens (tertiary/aromatic N) is 3. The second-order valence-corrected chi connectivity index (χ2v) is 6.69. The number of hydrogen-bond acceptors (Lipinski definition) is 5. The van der Waals surface area contributed by atoms with Gasteiger partial charge in [0, 0.05) is 31.5 Å². The second-order valence-electron chi connectivity index (χ2n) is 4.86. The van der Waals surface area contributed by atoms with Crippen LogP contribution in [0.3, 0.4) is 0 Å². The zero-order valence-corrected chi connectivity index (χ0v) is 12.1. The van der Waals surface area contributed by atoms with Crippen LogP contribution in [0.15, 0.2) is 18.6 Å². The molecule has 0 radical (unpaired) electrons. The number of likely N-dealkylation sites (tertiary alicyclic amines) is 1. The molecule has 2 rings (SSSR count). The molecule has 1 amide bonds. The predicted molar refractivity (Wildman–Crippen MR) is 73.6 cm³/mol. The summed E-state index contributed by atoms with van der Waals surface area (Å²) in [6.45, 7) is 0.857. The molecule has 0 aliphatic carbocycles. The van der Waals surface area contributed by atoms with Crippen LogP contribution in [0.1, 0.15) is 29.8 Å². The number of sulfonamides is 1. The van der Waals surface area contributed by atoms with E-state index in [4.69, 9.17) is 0 Å². The minimum absolute atomic E-state index is 0.131. The minimum Gasteiger partial charge on any atom is -0.333 e. The topological polar surface area (TPSA) is 92.3 Å². The zero-order chi connectivity index (χ0) is 14.6. The van der Waals surface area contributed by atoms with Crippen LogP contribution in [-0.2, 0) is 10.0 Å². The number of aromatic nitrogens is 2. The summed E-state index contributed by atoms with van der Waals surface area (Å²) < 4.78 is 24.8. The Kier molecular flexibility index (Phi) is 4.66. The summed E-state index contributed by atoms with van der Waals surface area (Å²) in [5.41, 5.74) is 0.291. The van der Waals surface area contributed by atoms with Crippen molar-refractivity contribution < 1.29 is 13.2 Å². The summed E-state index contributed by atoms with van der Waals surface area (Å²) in [6, 6.07) is -0.131. The maximum absolute atomic E-state index is 12.4. The van der Waals surface area contributed by atoms with E-state index in [1.54, 1.807) is 4.90 Å². The summed E-state index contributed by atoms with van der Waals surface area (Å²) in [5, 5.41) is 0.